The molecule has 11 nitrogen and oxygen atoms in total. The third-order valence-corrected chi connectivity index (χ3v) is 6.47. The van der Waals surface area contributed by atoms with Gasteiger partial charge in [-0.3, -0.25) is 24.2 Å². The number of carbonyl (C=O) groups excluding carboxylic acids is 4. The van der Waals surface area contributed by atoms with E-state index in [1.54, 1.807) is 0 Å². The summed E-state index contributed by atoms with van der Waals surface area (Å²) in [5.74, 6) is -2.32. The summed E-state index contributed by atoms with van der Waals surface area (Å²) in [5.41, 5.74) is 18.1. The Hall–Kier alpha value is -4.93. The van der Waals surface area contributed by atoms with Crippen LogP contribution in [0, 0.1) is 0 Å². The van der Waals surface area contributed by atoms with E-state index < -0.39 is 35.8 Å². The number of guanidine groups is 1. The standard InChI is InChI=1S/C30H37N7O4/c1-19(38)35-26(17-20-8-3-2-4-9-20)29(41)36-24(12-7-15-34-30(32)33)28(40)37-25(27(31)39)18-21-13-14-22-10-5-6-11-23(22)16-21/h2-6,8-11,13-14,16,24-26H,7,12,15,17-18H2,1H3,(H2,31,39)(H,35,38)(H,36,41)(H,37,40)(H4,32,33,34)/t24-,25-,26+/m0/s1. The van der Waals surface area contributed by atoms with E-state index in [1.165, 1.54) is 6.92 Å². The van der Waals surface area contributed by atoms with Gasteiger partial charge in [0.15, 0.2) is 5.96 Å². The molecule has 41 heavy (non-hydrogen) atoms. The topological polar surface area (TPSA) is 195 Å². The Bertz CT molecular complexity index is 1390. The first-order valence-electron chi connectivity index (χ1n) is 13.4. The molecule has 3 aromatic rings. The van der Waals surface area contributed by atoms with Crippen LogP contribution in [0.1, 0.15) is 30.9 Å². The van der Waals surface area contributed by atoms with Gasteiger partial charge in [-0.1, -0.05) is 72.8 Å². The van der Waals surface area contributed by atoms with Gasteiger partial charge >= 0.3 is 0 Å². The Balaban J connectivity index is 1.76. The highest BCUT2D eigenvalue weighted by molar-refractivity contribution is 5.94. The van der Waals surface area contributed by atoms with E-state index in [4.69, 9.17) is 17.2 Å². The van der Waals surface area contributed by atoms with E-state index in [2.05, 4.69) is 20.9 Å². The summed E-state index contributed by atoms with van der Waals surface area (Å²) >= 11 is 0. The van der Waals surface area contributed by atoms with E-state index in [9.17, 15) is 19.2 Å². The van der Waals surface area contributed by atoms with Crippen molar-refractivity contribution in [1.29, 1.82) is 0 Å². The average molecular weight is 560 g/mol. The summed E-state index contributed by atoms with van der Waals surface area (Å²) in [7, 11) is 0. The molecule has 11 heteroatoms. The van der Waals surface area contributed by atoms with Gasteiger partial charge in [0.1, 0.15) is 18.1 Å². The van der Waals surface area contributed by atoms with Gasteiger partial charge in [0.05, 0.1) is 0 Å². The summed E-state index contributed by atoms with van der Waals surface area (Å²) in [4.78, 5) is 54.9. The summed E-state index contributed by atoms with van der Waals surface area (Å²) in [6.45, 7) is 1.55. The molecule has 9 N–H and O–H groups in total. The van der Waals surface area contributed by atoms with E-state index in [0.717, 1.165) is 21.9 Å². The zero-order valence-corrected chi connectivity index (χ0v) is 23.0. The lowest BCUT2D eigenvalue weighted by atomic mass is 10.0. The van der Waals surface area contributed by atoms with Crippen LogP contribution in [0.5, 0.6) is 0 Å². The lowest BCUT2D eigenvalue weighted by Crippen LogP contribution is -2.57. The first-order chi connectivity index (χ1) is 19.6. The van der Waals surface area contributed by atoms with Crippen LogP contribution < -0.4 is 33.2 Å². The van der Waals surface area contributed by atoms with Crippen LogP contribution in [0.4, 0.5) is 0 Å². The number of rotatable bonds is 14. The fraction of sp³-hybridized carbons (Fsp3) is 0.300. The normalized spacial score (nSPS) is 12.9. The highest BCUT2D eigenvalue weighted by atomic mass is 16.2. The van der Waals surface area contributed by atoms with Gasteiger partial charge in [-0.05, 0) is 34.7 Å². The number of benzene rings is 3. The van der Waals surface area contributed by atoms with Gasteiger partial charge in [0, 0.05) is 26.3 Å². The molecule has 0 aromatic heterocycles. The number of aliphatic imine (C=N–C) groups is 1. The maximum atomic E-state index is 13.4. The number of carbonyl (C=O) groups is 4. The molecule has 0 aliphatic heterocycles. The SMILES string of the molecule is CC(=O)N[C@H](Cc1ccccc1)C(=O)N[C@@H](CCCN=C(N)N)C(=O)N[C@@H](Cc1ccc2ccccc2c1)C(N)=O. The van der Waals surface area contributed by atoms with Gasteiger partial charge in [0.2, 0.25) is 23.6 Å². The highest BCUT2D eigenvalue weighted by Crippen LogP contribution is 2.17. The van der Waals surface area contributed by atoms with E-state index in [-0.39, 0.29) is 37.7 Å². The molecule has 0 aliphatic rings. The third-order valence-electron chi connectivity index (χ3n) is 6.47. The summed E-state index contributed by atoms with van der Waals surface area (Å²) in [6.07, 6.45) is 0.934. The second-order valence-corrected chi connectivity index (χ2v) is 9.80. The van der Waals surface area contributed by atoms with Crippen molar-refractivity contribution in [2.24, 2.45) is 22.2 Å². The number of nitrogens with one attached hydrogen (secondary N) is 3. The van der Waals surface area contributed by atoms with Gasteiger partial charge in [-0.15, -0.1) is 0 Å². The van der Waals surface area contributed by atoms with Crippen molar-refractivity contribution in [3.63, 3.8) is 0 Å². The maximum Gasteiger partial charge on any atom is 0.243 e. The number of hydrogen-bond acceptors (Lipinski definition) is 5. The Labute approximate surface area is 238 Å². The summed E-state index contributed by atoms with van der Waals surface area (Å²) in [6, 6.07) is 19.8. The number of nitrogens with zero attached hydrogens (tertiary/aromatic N) is 1. The molecule has 3 atom stereocenters. The van der Waals surface area contributed by atoms with Gasteiger partial charge in [-0.2, -0.15) is 0 Å². The third kappa shape index (κ3) is 9.95. The Morgan fingerprint density at radius 2 is 1.32 bits per heavy atom. The van der Waals surface area contributed by atoms with Crippen LogP contribution in [0.2, 0.25) is 0 Å². The van der Waals surface area contributed by atoms with Crippen LogP contribution in [-0.2, 0) is 32.0 Å². The van der Waals surface area contributed by atoms with E-state index >= 15 is 0 Å². The molecule has 0 bridgehead atoms. The molecule has 0 saturated heterocycles. The molecule has 216 valence electrons. The first-order valence-corrected chi connectivity index (χ1v) is 13.4. The van der Waals surface area contributed by atoms with E-state index in [1.807, 2.05) is 72.8 Å². The molecule has 3 rings (SSSR count). The monoisotopic (exact) mass is 559 g/mol. The molecular weight excluding hydrogens is 522 g/mol. The molecule has 0 heterocycles. The molecule has 0 unspecified atom stereocenters. The molecule has 3 aromatic carbocycles. The second-order valence-electron chi connectivity index (χ2n) is 9.80. The van der Waals surface area contributed by atoms with Crippen molar-refractivity contribution in [2.75, 3.05) is 6.54 Å². The Kier molecular flexibility index (Phi) is 11.2. The zero-order chi connectivity index (χ0) is 29.8. The maximum absolute atomic E-state index is 13.4. The minimum absolute atomic E-state index is 0.0900. The largest absolute Gasteiger partial charge is 0.370 e. The number of hydrogen-bond donors (Lipinski definition) is 6. The summed E-state index contributed by atoms with van der Waals surface area (Å²) < 4.78 is 0. The van der Waals surface area contributed by atoms with Crippen molar-refractivity contribution in [1.82, 2.24) is 16.0 Å². The molecule has 0 fully saturated rings. The smallest absolute Gasteiger partial charge is 0.243 e. The van der Waals surface area contributed by atoms with Crippen molar-refractivity contribution < 1.29 is 19.2 Å². The predicted octanol–water partition coefficient (Wildman–Crippen LogP) is 0.638. The van der Waals surface area contributed by atoms with Gasteiger partial charge < -0.3 is 33.2 Å². The number of nitrogens with two attached hydrogens (primary N) is 3. The lowest BCUT2D eigenvalue weighted by molar-refractivity contribution is -0.133. The van der Waals surface area contributed by atoms with Crippen molar-refractivity contribution >= 4 is 40.4 Å². The molecular formula is C30H37N7O4. The number of amides is 4. The molecule has 0 saturated carbocycles. The molecule has 0 radical (unpaired) electrons. The van der Waals surface area contributed by atoms with Crippen LogP contribution >= 0.6 is 0 Å². The molecule has 4 amide bonds. The predicted molar refractivity (Wildman–Crippen MR) is 158 cm³/mol. The zero-order valence-electron chi connectivity index (χ0n) is 23.0. The second kappa shape index (κ2) is 15.0. The first kappa shape index (κ1) is 30.6. The van der Waals surface area contributed by atoms with E-state index in [0.29, 0.717) is 6.42 Å². The van der Waals surface area contributed by atoms with Gasteiger partial charge in [0.25, 0.3) is 0 Å². The average Bonchev–Trinajstić information content (AvgIpc) is 2.93. The molecule has 0 aliphatic carbocycles. The quantitative estimate of drug-likeness (QED) is 0.0952. The number of primary amides is 1. The van der Waals surface area contributed by atoms with Crippen LogP contribution in [-0.4, -0.2) is 54.3 Å². The van der Waals surface area contributed by atoms with Crippen molar-refractivity contribution in [3.05, 3.63) is 83.9 Å². The van der Waals surface area contributed by atoms with Crippen LogP contribution in [0.3, 0.4) is 0 Å². The fourth-order valence-corrected chi connectivity index (χ4v) is 4.45. The lowest BCUT2D eigenvalue weighted by Gasteiger charge is -2.25. The Morgan fingerprint density at radius 1 is 0.707 bits per heavy atom. The minimum Gasteiger partial charge on any atom is -0.370 e. The Morgan fingerprint density at radius 3 is 1.98 bits per heavy atom. The fourth-order valence-electron chi connectivity index (χ4n) is 4.45. The van der Waals surface area contributed by atoms with Gasteiger partial charge in [-0.25, -0.2) is 0 Å². The van der Waals surface area contributed by atoms with Crippen LogP contribution in [0.25, 0.3) is 10.8 Å². The minimum atomic E-state index is -1.04. The van der Waals surface area contributed by atoms with Crippen molar-refractivity contribution in [3.8, 4) is 0 Å². The summed E-state index contributed by atoms with van der Waals surface area (Å²) in [5, 5.41) is 10.1. The van der Waals surface area contributed by atoms with Crippen LogP contribution in [0.15, 0.2) is 77.8 Å². The molecule has 0 spiro atoms. The highest BCUT2D eigenvalue weighted by Gasteiger charge is 2.29. The van der Waals surface area contributed by atoms with Crippen molar-refractivity contribution in [2.45, 2.75) is 50.7 Å². The number of fused-ring (bicyclic) bond motifs is 1.